The topological polar surface area (TPSA) is 213 Å². The van der Waals surface area contributed by atoms with Gasteiger partial charge in [0.15, 0.2) is 17.5 Å². The quantitative estimate of drug-likeness (QED) is 0.0843. The predicted molar refractivity (Wildman–Crippen MR) is 342 cm³/mol. The summed E-state index contributed by atoms with van der Waals surface area (Å²) in [5.41, 5.74) is 12.6. The first-order valence-corrected chi connectivity index (χ1v) is 30.6. The second-order valence-corrected chi connectivity index (χ2v) is 24.4. The van der Waals surface area contributed by atoms with Gasteiger partial charge in [-0.25, -0.2) is 36.9 Å². The van der Waals surface area contributed by atoms with Gasteiger partial charge in [0.1, 0.15) is 0 Å². The molecule has 13 nitrogen and oxygen atoms in total. The smallest absolute Gasteiger partial charge is 0.238 e. The SMILES string of the molecule is CC(C)(O)c1ccccc1-c1ccc2nc(C#Cc3cccc(Cl)c3)[nH]c2c1.CS(=O)(=O)Nc1ccccc1-c1ccc2nc(C#Cc3cccc(Cl)c3)[nH]c2c1.NS(=O)(=O)c1ccccc1-c1ccc2nc(C#Cc3cccc(Cl)c3)[nH]c2c1. The van der Waals surface area contributed by atoms with Crippen molar-refractivity contribution in [2.45, 2.75) is 24.3 Å². The van der Waals surface area contributed by atoms with Crippen LogP contribution in [0.4, 0.5) is 5.69 Å². The zero-order valence-electron chi connectivity index (χ0n) is 45.5. The summed E-state index contributed by atoms with van der Waals surface area (Å²) in [5.74, 6) is 19.8. The molecule has 0 atom stereocenters. The predicted octanol–water partition coefficient (Wildman–Crippen LogP) is 14.1. The van der Waals surface area contributed by atoms with Gasteiger partial charge in [0.2, 0.25) is 20.0 Å². The van der Waals surface area contributed by atoms with Crippen LogP contribution < -0.4 is 9.86 Å². The molecule has 0 radical (unpaired) electrons. The third-order valence-corrected chi connectivity index (χ3v) is 15.1. The highest BCUT2D eigenvalue weighted by Gasteiger charge is 2.21. The van der Waals surface area contributed by atoms with E-state index in [1.807, 2.05) is 133 Å². The van der Waals surface area contributed by atoms with E-state index in [1.54, 1.807) is 74.5 Å². The minimum atomic E-state index is -3.83. The molecule has 0 spiro atoms. The maximum atomic E-state index is 11.9. The number of nitrogens with zero attached hydrogens (tertiary/aromatic N) is 3. The third-order valence-electron chi connectivity index (χ3n) is 12.8. The summed E-state index contributed by atoms with van der Waals surface area (Å²) in [4.78, 5) is 23.2. The molecule has 18 heteroatoms. The number of aromatic amines is 3. The fraction of sp³-hybridized carbons (Fsp3) is 0.0597. The fourth-order valence-electron chi connectivity index (χ4n) is 9.05. The lowest BCUT2D eigenvalue weighted by Gasteiger charge is -2.21. The summed E-state index contributed by atoms with van der Waals surface area (Å²) in [7, 11) is -7.21. The van der Waals surface area contributed by atoms with Crippen molar-refractivity contribution in [2.75, 3.05) is 11.0 Å². The monoisotopic (exact) mass is 1210 g/mol. The van der Waals surface area contributed by atoms with Gasteiger partial charge < -0.3 is 20.1 Å². The number of benzene rings is 9. The Morgan fingerprint density at radius 2 is 0.835 bits per heavy atom. The molecule has 0 fully saturated rings. The number of hydrogen-bond donors (Lipinski definition) is 6. The molecule has 3 heterocycles. The first-order valence-electron chi connectivity index (χ1n) is 26.0. The number of sulfonamides is 2. The molecule has 0 aliphatic carbocycles. The molecule has 0 amide bonds. The van der Waals surface area contributed by atoms with E-state index < -0.39 is 25.6 Å². The van der Waals surface area contributed by atoms with E-state index in [4.69, 9.17) is 39.9 Å². The lowest BCUT2D eigenvalue weighted by Crippen LogP contribution is -2.16. The Balaban J connectivity index is 0.000000142. The number of halogens is 3. The molecule has 12 rings (SSSR count). The van der Waals surface area contributed by atoms with Gasteiger partial charge in [-0.05, 0) is 163 Å². The van der Waals surface area contributed by atoms with E-state index in [2.05, 4.69) is 70.1 Å². The molecule has 0 saturated heterocycles. The molecule has 7 N–H and O–H groups in total. The number of primary sulfonamides is 1. The Kier molecular flexibility index (Phi) is 17.4. The van der Waals surface area contributed by atoms with Crippen molar-refractivity contribution in [1.82, 2.24) is 29.9 Å². The van der Waals surface area contributed by atoms with Crippen LogP contribution in [0.1, 0.15) is 53.6 Å². The van der Waals surface area contributed by atoms with Crippen LogP contribution >= 0.6 is 34.8 Å². The molecule has 12 aromatic rings. The van der Waals surface area contributed by atoms with Crippen LogP contribution in [-0.2, 0) is 25.6 Å². The number of fused-ring (bicyclic) bond motifs is 3. The molecule has 85 heavy (non-hydrogen) atoms. The van der Waals surface area contributed by atoms with E-state index in [9.17, 15) is 21.9 Å². The number of anilines is 1. The summed E-state index contributed by atoms with van der Waals surface area (Å²) >= 11 is 18.0. The summed E-state index contributed by atoms with van der Waals surface area (Å²) in [6.45, 7) is 3.59. The molecule has 420 valence electrons. The lowest BCUT2D eigenvalue weighted by molar-refractivity contribution is 0.0792. The molecule has 0 bridgehead atoms. The summed E-state index contributed by atoms with van der Waals surface area (Å²) in [5, 5.41) is 17.8. The number of imidazole rings is 3. The van der Waals surface area contributed by atoms with Crippen LogP contribution in [0.5, 0.6) is 0 Å². The summed E-state index contributed by atoms with van der Waals surface area (Å²) in [6, 6.07) is 60.9. The van der Waals surface area contributed by atoms with Crippen LogP contribution in [-0.4, -0.2) is 58.1 Å². The van der Waals surface area contributed by atoms with Gasteiger partial charge in [-0.15, -0.1) is 0 Å². The standard InChI is InChI=1S/C24H19ClN2O.C22H16ClN3O2S.C21H14ClN3O2S/c1-24(2,28)20-9-4-3-8-19(20)17-11-12-21-22(15-17)27-23(26-21)13-10-16-6-5-7-18(25)14-16;1-29(27,28)26-19-8-3-2-7-18(19)16-10-11-20-21(14-16)25-22(24-20)12-9-15-5-4-6-17(23)13-15;22-16-5-3-4-14(12-16)8-11-21-24-18-10-9-15(13-19(18)25-21)17-6-1-2-7-20(17)28(23,26)27/h3-9,11-12,14-15,28H,1-2H3,(H,26,27);2-8,10-11,13-14,26H,1H3,(H,24,25);1-7,9-10,12-13H,(H,24,25)(H2,23,26,27). The first kappa shape index (κ1) is 58.7. The van der Waals surface area contributed by atoms with E-state index in [1.165, 1.54) is 6.07 Å². The summed E-state index contributed by atoms with van der Waals surface area (Å²) in [6.07, 6.45) is 1.13. The highest BCUT2D eigenvalue weighted by Crippen LogP contribution is 2.34. The van der Waals surface area contributed by atoms with Crippen LogP contribution in [0.3, 0.4) is 0 Å². The van der Waals surface area contributed by atoms with Crippen molar-refractivity contribution in [1.29, 1.82) is 0 Å². The van der Waals surface area contributed by atoms with Crippen molar-refractivity contribution >= 4 is 93.6 Å². The Labute approximate surface area is 506 Å². The van der Waals surface area contributed by atoms with Crippen molar-refractivity contribution in [2.24, 2.45) is 5.14 Å². The number of nitrogens with one attached hydrogen (secondary N) is 4. The Hall–Kier alpha value is -9.44. The minimum absolute atomic E-state index is 0.0786. The zero-order chi connectivity index (χ0) is 59.9. The van der Waals surface area contributed by atoms with Gasteiger partial charge in [0.25, 0.3) is 0 Å². The van der Waals surface area contributed by atoms with Gasteiger partial charge in [-0.3, -0.25) is 4.72 Å². The number of hydrogen-bond acceptors (Lipinski definition) is 8. The van der Waals surface area contributed by atoms with Crippen molar-refractivity contribution in [3.8, 4) is 68.9 Å². The van der Waals surface area contributed by atoms with Gasteiger partial charge in [-0.2, -0.15) is 0 Å². The molecule has 0 aliphatic heterocycles. The number of para-hydroxylation sites is 1. The van der Waals surface area contributed by atoms with E-state index in [-0.39, 0.29) is 4.90 Å². The molecule has 3 aromatic heterocycles. The molecule has 0 saturated carbocycles. The second-order valence-electron chi connectivity index (χ2n) is 19.8. The van der Waals surface area contributed by atoms with Gasteiger partial charge >= 0.3 is 0 Å². The van der Waals surface area contributed by atoms with E-state index in [0.717, 1.165) is 89.4 Å². The highest BCUT2D eigenvalue weighted by atomic mass is 35.5. The van der Waals surface area contributed by atoms with Crippen molar-refractivity contribution in [3.05, 3.63) is 255 Å². The fourth-order valence-corrected chi connectivity index (χ4v) is 11.0. The van der Waals surface area contributed by atoms with Crippen LogP contribution in [0.15, 0.2) is 205 Å². The molecule has 0 aliphatic rings. The van der Waals surface area contributed by atoms with Crippen LogP contribution in [0.25, 0.3) is 66.5 Å². The zero-order valence-corrected chi connectivity index (χ0v) is 49.4. The van der Waals surface area contributed by atoms with Crippen molar-refractivity contribution in [3.63, 3.8) is 0 Å². The normalized spacial score (nSPS) is 11.2. The number of nitrogens with two attached hydrogens (primary N) is 1. The number of aliphatic hydroxyl groups is 1. The Morgan fingerprint density at radius 1 is 0.459 bits per heavy atom. The third kappa shape index (κ3) is 15.2. The Bertz CT molecular complexity index is 4960. The van der Waals surface area contributed by atoms with Crippen molar-refractivity contribution < 1.29 is 21.9 Å². The van der Waals surface area contributed by atoms with Gasteiger partial charge in [0, 0.05) is 42.9 Å². The molecular weight excluding hydrogens is 1170 g/mol. The number of aromatic nitrogens is 6. The maximum Gasteiger partial charge on any atom is 0.238 e. The minimum Gasteiger partial charge on any atom is -0.386 e. The first-order chi connectivity index (χ1) is 40.7. The largest absolute Gasteiger partial charge is 0.386 e. The molecule has 0 unspecified atom stereocenters. The van der Waals surface area contributed by atoms with Crippen LogP contribution in [0.2, 0.25) is 15.1 Å². The number of rotatable bonds is 7. The average molecular weight is 1220 g/mol. The second kappa shape index (κ2) is 25.2. The van der Waals surface area contributed by atoms with Crippen LogP contribution in [0, 0.1) is 35.5 Å². The van der Waals surface area contributed by atoms with E-state index >= 15 is 0 Å². The number of H-pyrrole nitrogens is 3. The lowest BCUT2D eigenvalue weighted by atomic mass is 9.89. The average Bonchev–Trinajstić information content (AvgIpc) is 3.41. The maximum absolute atomic E-state index is 11.9. The molecule has 9 aromatic carbocycles. The van der Waals surface area contributed by atoms with Gasteiger partial charge in [-0.1, -0.05) is 150 Å². The highest BCUT2D eigenvalue weighted by molar-refractivity contribution is 7.92. The summed E-state index contributed by atoms with van der Waals surface area (Å²) < 4.78 is 49.6. The Morgan fingerprint density at radius 3 is 1.25 bits per heavy atom. The van der Waals surface area contributed by atoms with E-state index in [0.29, 0.717) is 43.8 Å². The molecular formula is C67H49Cl3N8O5S2. The van der Waals surface area contributed by atoms with Gasteiger partial charge in [0.05, 0.1) is 55.5 Å².